The normalized spacial score (nSPS) is 23.1. The van der Waals surface area contributed by atoms with Gasteiger partial charge in [-0.15, -0.1) is 0 Å². The Hall–Kier alpha value is -1.45. The van der Waals surface area contributed by atoms with Gasteiger partial charge in [0, 0.05) is 4.90 Å². The first-order valence-corrected chi connectivity index (χ1v) is 8.70. The van der Waals surface area contributed by atoms with E-state index in [0.717, 1.165) is 17.7 Å². The molecule has 2 nitrogen and oxygen atoms in total. The van der Waals surface area contributed by atoms with Crippen LogP contribution in [-0.4, -0.2) is 16.1 Å². The van der Waals surface area contributed by atoms with Gasteiger partial charge in [-0.3, -0.25) is 4.21 Å². The molecule has 1 aliphatic rings. The topological polar surface area (TPSA) is 26.3 Å². The molecular weight excluding hydrogens is 280 g/mol. The Morgan fingerprint density at radius 3 is 2.48 bits per heavy atom. The Kier molecular flexibility index (Phi) is 4.51. The molecule has 21 heavy (non-hydrogen) atoms. The minimum atomic E-state index is -0.978. The Morgan fingerprint density at radius 2 is 1.76 bits per heavy atom. The summed E-state index contributed by atoms with van der Waals surface area (Å²) >= 11 is 0. The number of ether oxygens (including phenoxy) is 1. The van der Waals surface area contributed by atoms with Crippen LogP contribution >= 0.6 is 0 Å². The van der Waals surface area contributed by atoms with E-state index in [4.69, 9.17) is 4.74 Å². The number of hydrogen-bond donors (Lipinski definition) is 0. The summed E-state index contributed by atoms with van der Waals surface area (Å²) in [5, 5.41) is 0. The molecule has 1 fully saturated rings. The lowest BCUT2D eigenvalue weighted by Crippen LogP contribution is -2.16. The van der Waals surface area contributed by atoms with Crippen LogP contribution in [0, 0.1) is 6.92 Å². The lowest BCUT2D eigenvalue weighted by Gasteiger charge is -2.14. The molecule has 3 atom stereocenters. The molecule has 1 aliphatic heterocycles. The molecule has 3 heteroatoms. The third kappa shape index (κ3) is 3.60. The van der Waals surface area contributed by atoms with E-state index in [1.807, 2.05) is 49.4 Å². The molecule has 0 amide bonds. The van der Waals surface area contributed by atoms with E-state index >= 15 is 0 Å². The quantitative estimate of drug-likeness (QED) is 0.852. The van der Waals surface area contributed by atoms with Gasteiger partial charge in [0.1, 0.15) is 0 Å². The predicted molar refractivity (Wildman–Crippen MR) is 85.7 cm³/mol. The monoisotopic (exact) mass is 300 g/mol. The van der Waals surface area contributed by atoms with Crippen LogP contribution in [0.5, 0.6) is 0 Å². The van der Waals surface area contributed by atoms with E-state index in [2.05, 4.69) is 12.1 Å². The van der Waals surface area contributed by atoms with Gasteiger partial charge in [0.05, 0.1) is 28.8 Å². The second kappa shape index (κ2) is 6.54. The molecule has 110 valence electrons. The molecule has 3 rings (SSSR count). The summed E-state index contributed by atoms with van der Waals surface area (Å²) in [7, 11) is -0.978. The Balaban J connectivity index is 1.60. The number of aryl methyl sites for hydroxylation is 1. The zero-order valence-corrected chi connectivity index (χ0v) is 13.0. The second-order valence-corrected chi connectivity index (χ2v) is 7.06. The molecule has 0 aromatic heterocycles. The van der Waals surface area contributed by atoms with Crippen LogP contribution in [0.25, 0.3) is 0 Å². The van der Waals surface area contributed by atoms with Gasteiger partial charge in [0.25, 0.3) is 0 Å². The van der Waals surface area contributed by atoms with E-state index in [1.54, 1.807) is 0 Å². The molecule has 0 saturated carbocycles. The fraction of sp³-hybridized carbons (Fsp3) is 0.333. The third-order valence-corrected chi connectivity index (χ3v) is 5.37. The molecule has 0 radical (unpaired) electrons. The van der Waals surface area contributed by atoms with Crippen molar-refractivity contribution in [2.75, 3.05) is 5.75 Å². The van der Waals surface area contributed by atoms with Crippen molar-refractivity contribution in [3.05, 3.63) is 65.7 Å². The Labute approximate surface area is 128 Å². The average Bonchev–Trinajstić information content (AvgIpc) is 2.97. The van der Waals surface area contributed by atoms with E-state index in [1.165, 1.54) is 11.1 Å². The lowest BCUT2D eigenvalue weighted by molar-refractivity contribution is 0.0577. The largest absolute Gasteiger partial charge is 0.369 e. The van der Waals surface area contributed by atoms with Gasteiger partial charge >= 0.3 is 0 Å². The number of rotatable bonds is 4. The van der Waals surface area contributed by atoms with Crippen molar-refractivity contribution in [3.63, 3.8) is 0 Å². The van der Waals surface area contributed by atoms with Crippen molar-refractivity contribution in [2.24, 2.45) is 0 Å². The van der Waals surface area contributed by atoms with Gasteiger partial charge in [-0.05, 0) is 37.5 Å². The summed E-state index contributed by atoms with van der Waals surface area (Å²) in [6.45, 7) is 2.04. The highest BCUT2D eigenvalue weighted by Gasteiger charge is 2.27. The summed E-state index contributed by atoms with van der Waals surface area (Å²) < 4.78 is 18.5. The zero-order valence-electron chi connectivity index (χ0n) is 12.2. The molecule has 0 aliphatic carbocycles. The van der Waals surface area contributed by atoms with Gasteiger partial charge in [-0.25, -0.2) is 0 Å². The summed E-state index contributed by atoms with van der Waals surface area (Å²) in [6.07, 6.45) is 2.25. The predicted octanol–water partition coefficient (Wildman–Crippen LogP) is 4.02. The van der Waals surface area contributed by atoms with Gasteiger partial charge in [0.15, 0.2) is 0 Å². The van der Waals surface area contributed by atoms with Gasteiger partial charge in [-0.1, -0.05) is 48.0 Å². The molecule has 0 N–H and O–H groups in total. The van der Waals surface area contributed by atoms with E-state index < -0.39 is 10.8 Å². The second-order valence-electron chi connectivity index (χ2n) is 5.56. The standard InChI is InChI=1S/C18H20O2S/c1-14-7-10-17(11-8-14)21(19)13-16-9-12-18(20-16)15-5-3-2-4-6-15/h2-8,10-11,16,18H,9,12-13H2,1H3/t16-,18+,21?/m1/s1. The summed E-state index contributed by atoms with van der Waals surface area (Å²) in [5.41, 5.74) is 2.41. The van der Waals surface area contributed by atoms with E-state index in [9.17, 15) is 4.21 Å². The van der Waals surface area contributed by atoms with Crippen molar-refractivity contribution in [1.29, 1.82) is 0 Å². The first-order valence-electron chi connectivity index (χ1n) is 7.38. The lowest BCUT2D eigenvalue weighted by atomic mass is 10.1. The highest BCUT2D eigenvalue weighted by molar-refractivity contribution is 7.85. The number of benzene rings is 2. The van der Waals surface area contributed by atoms with Crippen molar-refractivity contribution in [3.8, 4) is 0 Å². The highest BCUT2D eigenvalue weighted by Crippen LogP contribution is 2.33. The maximum Gasteiger partial charge on any atom is 0.0830 e. The first kappa shape index (κ1) is 14.5. The van der Waals surface area contributed by atoms with Crippen LogP contribution in [0.4, 0.5) is 0 Å². The van der Waals surface area contributed by atoms with Gasteiger partial charge in [-0.2, -0.15) is 0 Å². The summed E-state index contributed by atoms with van der Waals surface area (Å²) in [6, 6.07) is 18.2. The van der Waals surface area contributed by atoms with Crippen LogP contribution in [-0.2, 0) is 15.5 Å². The molecule has 2 aromatic carbocycles. The number of hydrogen-bond acceptors (Lipinski definition) is 2. The maximum absolute atomic E-state index is 12.4. The van der Waals surface area contributed by atoms with Crippen LogP contribution in [0.15, 0.2) is 59.5 Å². The molecule has 1 saturated heterocycles. The first-order chi connectivity index (χ1) is 10.2. The Bertz CT molecular complexity index is 607. The third-order valence-electron chi connectivity index (χ3n) is 3.90. The summed E-state index contributed by atoms with van der Waals surface area (Å²) in [4.78, 5) is 0.896. The van der Waals surface area contributed by atoms with E-state index in [0.29, 0.717) is 5.75 Å². The fourth-order valence-electron chi connectivity index (χ4n) is 2.70. The summed E-state index contributed by atoms with van der Waals surface area (Å²) in [5.74, 6) is 0.590. The minimum absolute atomic E-state index is 0.0948. The molecule has 1 heterocycles. The van der Waals surface area contributed by atoms with Crippen LogP contribution in [0.3, 0.4) is 0 Å². The molecule has 1 unspecified atom stereocenters. The van der Waals surface area contributed by atoms with Crippen molar-refractivity contribution in [1.82, 2.24) is 0 Å². The zero-order chi connectivity index (χ0) is 14.7. The van der Waals surface area contributed by atoms with E-state index in [-0.39, 0.29) is 12.2 Å². The molecule has 2 aromatic rings. The highest BCUT2D eigenvalue weighted by atomic mass is 32.2. The maximum atomic E-state index is 12.4. The molecular formula is C18H20O2S. The smallest absolute Gasteiger partial charge is 0.0830 e. The SMILES string of the molecule is Cc1ccc(S(=O)C[C@H]2CC[C@@H](c3ccccc3)O2)cc1. The Morgan fingerprint density at radius 1 is 1.05 bits per heavy atom. The van der Waals surface area contributed by atoms with Crippen molar-refractivity contribution in [2.45, 2.75) is 36.9 Å². The van der Waals surface area contributed by atoms with Crippen molar-refractivity contribution >= 4 is 10.8 Å². The van der Waals surface area contributed by atoms with Crippen LogP contribution < -0.4 is 0 Å². The average molecular weight is 300 g/mol. The minimum Gasteiger partial charge on any atom is -0.369 e. The fourth-order valence-corrected chi connectivity index (χ4v) is 3.91. The van der Waals surface area contributed by atoms with Crippen molar-refractivity contribution < 1.29 is 8.95 Å². The van der Waals surface area contributed by atoms with Crippen LogP contribution in [0.2, 0.25) is 0 Å². The van der Waals surface area contributed by atoms with Gasteiger partial charge in [0.2, 0.25) is 0 Å². The molecule has 0 bridgehead atoms. The molecule has 0 spiro atoms. The van der Waals surface area contributed by atoms with Crippen LogP contribution in [0.1, 0.15) is 30.1 Å². The van der Waals surface area contributed by atoms with Gasteiger partial charge < -0.3 is 4.74 Å².